The average Bonchev–Trinajstić information content (AvgIpc) is 2.94. The van der Waals surface area contributed by atoms with E-state index in [0.717, 1.165) is 11.3 Å². The Balaban J connectivity index is 1.92. The number of thiophene rings is 1. The van der Waals surface area contributed by atoms with Crippen molar-refractivity contribution in [2.75, 3.05) is 42.2 Å². The van der Waals surface area contributed by atoms with Crippen molar-refractivity contribution in [1.82, 2.24) is 15.0 Å². The first-order valence-electron chi connectivity index (χ1n) is 6.99. The molecule has 13 heteroatoms. The number of aromatic nitrogens is 3. The number of anilines is 2. The lowest BCUT2D eigenvalue weighted by Crippen LogP contribution is -2.37. The first-order chi connectivity index (χ1) is 11.9. The maximum absolute atomic E-state index is 12.5. The van der Waals surface area contributed by atoms with Crippen LogP contribution in [0.2, 0.25) is 8.67 Å². The summed E-state index contributed by atoms with van der Waals surface area (Å²) in [7, 11) is -3.96. The van der Waals surface area contributed by atoms with E-state index in [0.29, 0.717) is 37.4 Å². The first-order valence-corrected chi connectivity index (χ1v) is 11.3. The van der Waals surface area contributed by atoms with Gasteiger partial charge in [0, 0.05) is 13.1 Å². The molecule has 0 amide bonds. The fraction of sp³-hybridized carbons (Fsp3) is 0.417. The lowest BCUT2D eigenvalue weighted by molar-refractivity contribution is 0.122. The largest absolute Gasteiger partial charge is 0.378 e. The Morgan fingerprint density at radius 3 is 2.60 bits per heavy atom. The summed E-state index contributed by atoms with van der Waals surface area (Å²) in [4.78, 5) is 14.5. The van der Waals surface area contributed by atoms with Crippen LogP contribution in [0.15, 0.2) is 16.1 Å². The SMILES string of the molecule is CSc1nc(NS(=O)(=O)c2cc(Cl)sc2Cl)nc(N2CCOCC2)n1. The van der Waals surface area contributed by atoms with Crippen molar-refractivity contribution in [2.45, 2.75) is 10.1 Å². The van der Waals surface area contributed by atoms with E-state index in [4.69, 9.17) is 27.9 Å². The third-order valence-electron chi connectivity index (χ3n) is 3.22. The topological polar surface area (TPSA) is 97.3 Å². The summed E-state index contributed by atoms with van der Waals surface area (Å²) in [5.74, 6) is 0.328. The van der Waals surface area contributed by atoms with Gasteiger partial charge in [-0.15, -0.1) is 11.3 Å². The molecule has 0 unspecified atom stereocenters. The summed E-state index contributed by atoms with van der Waals surface area (Å²) in [6.45, 7) is 2.36. The van der Waals surface area contributed by atoms with E-state index < -0.39 is 10.0 Å². The molecule has 1 fully saturated rings. The molecule has 0 bridgehead atoms. The number of rotatable bonds is 5. The molecule has 25 heavy (non-hydrogen) atoms. The molecule has 3 rings (SSSR count). The predicted octanol–water partition coefficient (Wildman–Crippen LogP) is 2.60. The van der Waals surface area contributed by atoms with Gasteiger partial charge >= 0.3 is 0 Å². The number of halogens is 2. The van der Waals surface area contributed by atoms with Crippen LogP contribution in [-0.4, -0.2) is 55.9 Å². The van der Waals surface area contributed by atoms with Gasteiger partial charge in [0.1, 0.15) is 9.23 Å². The molecule has 2 aromatic rings. The van der Waals surface area contributed by atoms with Crippen molar-refractivity contribution in [3.05, 3.63) is 14.7 Å². The van der Waals surface area contributed by atoms with Crippen molar-refractivity contribution in [3.8, 4) is 0 Å². The number of nitrogens with one attached hydrogen (secondary N) is 1. The van der Waals surface area contributed by atoms with Gasteiger partial charge in [0.05, 0.1) is 17.6 Å². The number of nitrogens with zero attached hydrogens (tertiary/aromatic N) is 4. The van der Waals surface area contributed by atoms with Crippen LogP contribution in [0.4, 0.5) is 11.9 Å². The molecule has 3 heterocycles. The maximum atomic E-state index is 12.5. The highest BCUT2D eigenvalue weighted by atomic mass is 35.5. The van der Waals surface area contributed by atoms with Crippen molar-refractivity contribution in [1.29, 1.82) is 0 Å². The van der Waals surface area contributed by atoms with Gasteiger partial charge in [0.2, 0.25) is 11.9 Å². The molecule has 1 aliphatic rings. The van der Waals surface area contributed by atoms with Gasteiger partial charge in [-0.25, -0.2) is 13.1 Å². The fourth-order valence-corrected chi connectivity index (χ4v) is 5.52. The molecule has 0 saturated carbocycles. The minimum absolute atomic E-state index is 0.0702. The Morgan fingerprint density at radius 2 is 2.00 bits per heavy atom. The number of thioether (sulfide) groups is 1. The fourth-order valence-electron chi connectivity index (χ4n) is 2.07. The molecule has 0 radical (unpaired) electrons. The van der Waals surface area contributed by atoms with Crippen LogP contribution < -0.4 is 9.62 Å². The van der Waals surface area contributed by atoms with E-state index in [-0.39, 0.29) is 19.5 Å². The Bertz CT molecular complexity index is 871. The normalized spacial score (nSPS) is 15.4. The van der Waals surface area contributed by atoms with Gasteiger partial charge in [-0.1, -0.05) is 35.0 Å². The summed E-state index contributed by atoms with van der Waals surface area (Å²) < 4.78 is 33.1. The van der Waals surface area contributed by atoms with Gasteiger partial charge in [-0.3, -0.25) is 0 Å². The van der Waals surface area contributed by atoms with Crippen molar-refractivity contribution in [3.63, 3.8) is 0 Å². The highest BCUT2D eigenvalue weighted by molar-refractivity contribution is 7.98. The molecule has 0 spiro atoms. The third kappa shape index (κ3) is 4.47. The molecule has 1 aliphatic heterocycles. The van der Waals surface area contributed by atoms with Crippen LogP contribution in [-0.2, 0) is 14.8 Å². The van der Waals surface area contributed by atoms with Crippen LogP contribution in [0.5, 0.6) is 0 Å². The Morgan fingerprint density at radius 1 is 1.28 bits per heavy atom. The van der Waals surface area contributed by atoms with Crippen molar-refractivity contribution < 1.29 is 13.2 Å². The third-order valence-corrected chi connectivity index (χ3v) is 6.85. The highest BCUT2D eigenvalue weighted by Crippen LogP contribution is 2.35. The van der Waals surface area contributed by atoms with E-state index in [2.05, 4.69) is 19.7 Å². The lowest BCUT2D eigenvalue weighted by Gasteiger charge is -2.26. The second-order valence-corrected chi connectivity index (χ2v) is 9.55. The standard InChI is InChI=1S/C12H13Cl2N5O3S3/c1-23-12-16-10(15-11(17-12)19-2-4-22-5-3-19)18-25(20,21)7-6-8(13)24-9(7)14/h6H,2-5H2,1H3,(H,15,16,17,18). The smallest absolute Gasteiger partial charge is 0.266 e. The van der Waals surface area contributed by atoms with Gasteiger partial charge in [0.15, 0.2) is 5.16 Å². The van der Waals surface area contributed by atoms with Crippen LogP contribution in [0.3, 0.4) is 0 Å². The molecule has 0 aliphatic carbocycles. The van der Waals surface area contributed by atoms with Gasteiger partial charge < -0.3 is 9.64 Å². The number of morpholine rings is 1. The monoisotopic (exact) mass is 441 g/mol. The maximum Gasteiger partial charge on any atom is 0.266 e. The summed E-state index contributed by atoms with van der Waals surface area (Å²) in [5, 5.41) is 0.406. The zero-order valence-electron chi connectivity index (χ0n) is 12.9. The zero-order valence-corrected chi connectivity index (χ0v) is 16.9. The zero-order chi connectivity index (χ0) is 18.0. The number of ether oxygens (including phenoxy) is 1. The van der Waals surface area contributed by atoms with Gasteiger partial charge in [-0.2, -0.15) is 15.0 Å². The van der Waals surface area contributed by atoms with E-state index in [9.17, 15) is 8.42 Å². The number of hydrogen-bond acceptors (Lipinski definition) is 9. The molecule has 8 nitrogen and oxygen atoms in total. The van der Waals surface area contributed by atoms with Crippen LogP contribution in [0.25, 0.3) is 0 Å². The molecule has 0 aromatic carbocycles. The second kappa shape index (κ2) is 7.80. The van der Waals surface area contributed by atoms with E-state index in [1.165, 1.54) is 17.8 Å². The molecular weight excluding hydrogens is 429 g/mol. The van der Waals surface area contributed by atoms with Crippen LogP contribution in [0.1, 0.15) is 0 Å². The van der Waals surface area contributed by atoms with Crippen molar-refractivity contribution in [2.24, 2.45) is 0 Å². The number of sulfonamides is 1. The minimum Gasteiger partial charge on any atom is -0.378 e. The molecular formula is C12H13Cl2N5O3S3. The highest BCUT2D eigenvalue weighted by Gasteiger charge is 2.24. The minimum atomic E-state index is -3.96. The number of hydrogen-bond donors (Lipinski definition) is 1. The summed E-state index contributed by atoms with van der Waals surface area (Å²) in [6, 6.07) is 1.29. The molecule has 0 atom stereocenters. The summed E-state index contributed by atoms with van der Waals surface area (Å²) in [5.41, 5.74) is 0. The van der Waals surface area contributed by atoms with Gasteiger partial charge in [0.25, 0.3) is 10.0 Å². The quantitative estimate of drug-likeness (QED) is 0.706. The molecule has 2 aromatic heterocycles. The first kappa shape index (κ1) is 18.9. The molecule has 1 N–H and O–H groups in total. The van der Waals surface area contributed by atoms with Gasteiger partial charge in [-0.05, 0) is 12.3 Å². The van der Waals surface area contributed by atoms with Crippen LogP contribution in [0, 0.1) is 0 Å². The molecule has 136 valence electrons. The Labute approximate surface area is 163 Å². The predicted molar refractivity (Wildman–Crippen MR) is 99.8 cm³/mol. The van der Waals surface area contributed by atoms with Crippen LogP contribution >= 0.6 is 46.3 Å². The summed E-state index contributed by atoms with van der Waals surface area (Å²) >= 11 is 14.0. The lowest BCUT2D eigenvalue weighted by atomic mass is 10.4. The van der Waals surface area contributed by atoms with E-state index >= 15 is 0 Å². The Hall–Kier alpha value is -0.850. The second-order valence-electron chi connectivity index (χ2n) is 4.84. The van der Waals surface area contributed by atoms with Crippen molar-refractivity contribution >= 4 is 68.2 Å². The molecule has 1 saturated heterocycles. The average molecular weight is 442 g/mol. The summed E-state index contributed by atoms with van der Waals surface area (Å²) in [6.07, 6.45) is 1.80. The Kier molecular flexibility index (Phi) is 5.91. The van der Waals surface area contributed by atoms with E-state index in [1.807, 2.05) is 4.90 Å². The van der Waals surface area contributed by atoms with E-state index in [1.54, 1.807) is 6.26 Å².